The summed E-state index contributed by atoms with van der Waals surface area (Å²) >= 11 is 2.55. The van der Waals surface area contributed by atoms with E-state index in [2.05, 4.69) is 41.9 Å². The van der Waals surface area contributed by atoms with E-state index in [1.54, 1.807) is 4.90 Å². The monoisotopic (exact) mass is 554 g/mol. The van der Waals surface area contributed by atoms with Gasteiger partial charge in [0.2, 0.25) is 0 Å². The van der Waals surface area contributed by atoms with E-state index in [0.717, 1.165) is 29.2 Å². The first-order chi connectivity index (χ1) is 14.7. The first-order valence-corrected chi connectivity index (χ1v) is 13.2. The van der Waals surface area contributed by atoms with Gasteiger partial charge in [0.1, 0.15) is 18.6 Å². The fourth-order valence-corrected chi connectivity index (χ4v) is 6.34. The fourth-order valence-electron chi connectivity index (χ4n) is 5.62. The van der Waals surface area contributed by atoms with Crippen molar-refractivity contribution >= 4 is 28.3 Å². The molecule has 0 bridgehead atoms. The van der Waals surface area contributed by atoms with Crippen LogP contribution in [0.25, 0.3) is 0 Å². The molecule has 2 saturated carbocycles. The third-order valence-corrected chi connectivity index (χ3v) is 9.07. The number of likely N-dealkylation sites (tertiary alicyclic amines) is 1. The van der Waals surface area contributed by atoms with Crippen molar-refractivity contribution in [3.05, 3.63) is 10.4 Å². The second kappa shape index (κ2) is 11.9. The average Bonchev–Trinajstić information content (AvgIpc) is 2.74. The van der Waals surface area contributed by atoms with Crippen LogP contribution in [0.4, 0.5) is 0 Å². The highest BCUT2D eigenvalue weighted by Crippen LogP contribution is 2.30. The molecular formula is C21H41IN5O4+. The molecule has 0 amide bonds. The summed E-state index contributed by atoms with van der Waals surface area (Å²) in [5, 5.41) is 45.3. The molecule has 10 heteroatoms. The number of rotatable bonds is 7. The number of nitrogens with one attached hydrogen (secondary N) is 4. The Morgan fingerprint density at radius 3 is 2.39 bits per heavy atom. The maximum absolute atomic E-state index is 11.8. The Bertz CT molecular complexity index is 588. The Kier molecular flexibility index (Phi) is 9.78. The molecule has 0 spiro atoms. The van der Waals surface area contributed by atoms with Gasteiger partial charge in [-0.3, -0.25) is 0 Å². The summed E-state index contributed by atoms with van der Waals surface area (Å²) < 4.78 is 0.743. The van der Waals surface area contributed by atoms with E-state index in [0.29, 0.717) is 24.8 Å². The van der Waals surface area contributed by atoms with Gasteiger partial charge in [-0.25, -0.2) is 20.9 Å². The van der Waals surface area contributed by atoms with E-state index in [1.807, 2.05) is 0 Å². The van der Waals surface area contributed by atoms with Crippen LogP contribution in [-0.2, 0) is 0 Å². The lowest BCUT2D eigenvalue weighted by Gasteiger charge is -2.39. The van der Waals surface area contributed by atoms with E-state index in [-0.39, 0.29) is 12.5 Å². The van der Waals surface area contributed by atoms with Crippen LogP contribution >= 0.6 is 22.6 Å². The molecular weight excluding hydrogens is 513 g/mol. The molecule has 1 aliphatic heterocycles. The summed E-state index contributed by atoms with van der Waals surface area (Å²) in [6.45, 7) is 6.77. The number of halogens is 1. The minimum Gasteiger partial charge on any atom is -0.600 e. The fraction of sp³-hybridized carbons (Fsp3) is 0.952. The van der Waals surface area contributed by atoms with Crippen LogP contribution in [0.15, 0.2) is 5.10 Å². The summed E-state index contributed by atoms with van der Waals surface area (Å²) in [5.74, 6) is 1.20. The molecule has 3 aliphatic rings. The maximum atomic E-state index is 11.8. The normalized spacial score (nSPS) is 42.1. The zero-order valence-electron chi connectivity index (χ0n) is 18.9. The Labute approximate surface area is 199 Å². The van der Waals surface area contributed by atoms with Gasteiger partial charge in [-0.2, -0.15) is 5.10 Å². The van der Waals surface area contributed by atoms with Gasteiger partial charge in [0.05, 0.1) is 30.8 Å². The zero-order chi connectivity index (χ0) is 22.5. The van der Waals surface area contributed by atoms with Crippen molar-refractivity contribution in [2.75, 3.05) is 13.1 Å². The van der Waals surface area contributed by atoms with Crippen molar-refractivity contribution in [1.29, 1.82) is 0 Å². The molecule has 0 aromatic heterocycles. The van der Waals surface area contributed by atoms with E-state index in [4.69, 9.17) is 5.10 Å². The number of hydrogen-bond donors (Lipinski definition) is 6. The minimum absolute atomic E-state index is 0.180. The van der Waals surface area contributed by atoms with E-state index in [1.165, 1.54) is 37.9 Å². The second-order valence-electron chi connectivity index (χ2n) is 10.2. The van der Waals surface area contributed by atoms with Crippen LogP contribution < -0.4 is 20.8 Å². The van der Waals surface area contributed by atoms with Crippen molar-refractivity contribution in [1.82, 2.24) is 5.43 Å². The highest BCUT2D eigenvalue weighted by Gasteiger charge is 2.39. The lowest BCUT2D eigenvalue weighted by Crippen LogP contribution is -3.17. The molecule has 1 saturated heterocycles. The first kappa shape index (κ1) is 25.5. The number of hydroxylamine groups is 4. The van der Waals surface area contributed by atoms with Gasteiger partial charge in [0.25, 0.3) is 0 Å². The summed E-state index contributed by atoms with van der Waals surface area (Å²) in [5.41, 5.74) is 4.43. The number of piperidine rings is 1. The van der Waals surface area contributed by atoms with Crippen LogP contribution in [0.5, 0.6) is 0 Å². The lowest BCUT2D eigenvalue weighted by atomic mass is 9.84. The minimum atomic E-state index is -0.922. The summed E-state index contributed by atoms with van der Waals surface area (Å²) in [6, 6.07) is -0.940. The Morgan fingerprint density at radius 1 is 1.03 bits per heavy atom. The van der Waals surface area contributed by atoms with Crippen LogP contribution in [0, 0.1) is 22.3 Å². The highest BCUT2D eigenvalue weighted by molar-refractivity contribution is 14.1. The third-order valence-electron chi connectivity index (χ3n) is 7.83. The second-order valence-corrected chi connectivity index (χ2v) is 12.0. The zero-order valence-corrected chi connectivity index (χ0v) is 21.0. The molecule has 0 radical (unpaired) electrons. The first-order valence-electron chi connectivity index (χ1n) is 12.0. The Balaban J connectivity index is 1.71. The topological polar surface area (TPSA) is 124 Å². The average molecular weight is 554 g/mol. The number of hydrazone groups is 1. The Morgan fingerprint density at radius 2 is 1.74 bits per heavy atom. The number of hydrogen-bond acceptors (Lipinski definition) is 6. The van der Waals surface area contributed by atoms with Crippen LogP contribution in [0.2, 0.25) is 0 Å². The maximum Gasteiger partial charge on any atom is 0.144 e. The smallest absolute Gasteiger partial charge is 0.144 e. The molecule has 0 aromatic rings. The van der Waals surface area contributed by atoms with Crippen LogP contribution in [0.3, 0.4) is 0 Å². The van der Waals surface area contributed by atoms with Crippen molar-refractivity contribution in [2.24, 2.45) is 16.9 Å². The molecule has 6 N–H and O–H groups in total. The van der Waals surface area contributed by atoms with Crippen molar-refractivity contribution in [3.63, 3.8) is 0 Å². The van der Waals surface area contributed by atoms with Gasteiger partial charge in [0.15, 0.2) is 0 Å². The largest absolute Gasteiger partial charge is 0.600 e. The van der Waals surface area contributed by atoms with Gasteiger partial charge in [0, 0.05) is 22.2 Å². The lowest BCUT2D eigenvalue weighted by molar-refractivity contribution is -1.09. The number of nitrogens with zero attached hydrogens (tertiary/aromatic N) is 1. The molecule has 180 valence electrons. The standard InChI is InChI=1S/C21H40IN5O4/c1-14-3-4-15(2)25(12-14)13-20(16-5-7-17(22)8-6-16)24-23-19-10-9-18(26(28)29)11-21(19)27(30)31/h14-19,21,23,26-28,30H,3-13H2,1-2H3/p+1. The summed E-state index contributed by atoms with van der Waals surface area (Å²) in [7, 11) is 0. The van der Waals surface area contributed by atoms with E-state index in [9.17, 15) is 20.8 Å². The number of quaternary nitrogens is 3. The molecule has 3 rings (SSSR count). The predicted molar refractivity (Wildman–Crippen MR) is 126 cm³/mol. The highest BCUT2D eigenvalue weighted by atomic mass is 127. The molecule has 8 unspecified atom stereocenters. The molecule has 3 fully saturated rings. The number of alkyl halides is 1. The third kappa shape index (κ3) is 7.20. The molecule has 2 aliphatic carbocycles. The van der Waals surface area contributed by atoms with Gasteiger partial charge >= 0.3 is 0 Å². The van der Waals surface area contributed by atoms with E-state index < -0.39 is 22.5 Å². The Hall–Kier alpha value is -0.0800. The summed E-state index contributed by atoms with van der Waals surface area (Å²) in [4.78, 5) is 1.60. The van der Waals surface area contributed by atoms with Gasteiger partial charge in [-0.1, -0.05) is 29.5 Å². The molecule has 0 aromatic carbocycles. The van der Waals surface area contributed by atoms with Crippen molar-refractivity contribution < 1.29 is 25.8 Å². The summed E-state index contributed by atoms with van der Waals surface area (Å²) in [6.07, 6.45) is 8.50. The molecule has 8 atom stereocenters. The quantitative estimate of drug-likeness (QED) is 0.109. The molecule has 31 heavy (non-hydrogen) atoms. The van der Waals surface area contributed by atoms with E-state index >= 15 is 0 Å². The van der Waals surface area contributed by atoms with Crippen molar-refractivity contribution in [3.8, 4) is 0 Å². The SMILES string of the molecule is CC1CCC(C)[NH+](CC(=NNC2CCC([NH+]([O-])O)CC2[NH+]([O-])O)C2CCC(I)CC2)C1. The predicted octanol–water partition coefficient (Wildman–Crippen LogP) is -0.537. The van der Waals surface area contributed by atoms with Crippen molar-refractivity contribution in [2.45, 2.75) is 99.7 Å². The van der Waals surface area contributed by atoms with Gasteiger partial charge in [-0.05, 0) is 51.9 Å². The van der Waals surface area contributed by atoms with Crippen LogP contribution in [-0.4, -0.2) is 57.3 Å². The van der Waals surface area contributed by atoms with Crippen LogP contribution in [0.1, 0.15) is 71.6 Å². The molecule has 9 nitrogen and oxygen atoms in total. The molecule has 1 heterocycles. The van der Waals surface area contributed by atoms with Gasteiger partial charge in [-0.15, -0.1) is 0 Å². The van der Waals surface area contributed by atoms with Gasteiger partial charge < -0.3 is 20.7 Å².